The molecule has 6 nitrogen and oxygen atoms in total. The van der Waals surface area contributed by atoms with Crippen LogP contribution in [0.5, 0.6) is 5.75 Å². The van der Waals surface area contributed by atoms with E-state index in [2.05, 4.69) is 5.32 Å². The molecule has 0 saturated heterocycles. The maximum Gasteiger partial charge on any atom is 0.343 e. The van der Waals surface area contributed by atoms with E-state index >= 15 is 0 Å². The molecule has 0 aromatic heterocycles. The van der Waals surface area contributed by atoms with E-state index in [1.807, 2.05) is 58.0 Å². The Labute approximate surface area is 202 Å². The van der Waals surface area contributed by atoms with Crippen molar-refractivity contribution in [3.05, 3.63) is 99.2 Å². The minimum Gasteiger partial charge on any atom is -0.422 e. The number of nitrogens with one attached hydrogen (secondary N) is 1. The van der Waals surface area contributed by atoms with Crippen molar-refractivity contribution < 1.29 is 19.1 Å². The molecule has 4 rings (SSSR count). The number of hydrogen-bond donors (Lipinski definition) is 1. The fourth-order valence-corrected chi connectivity index (χ4v) is 4.04. The Balaban J connectivity index is 1.51. The summed E-state index contributed by atoms with van der Waals surface area (Å²) in [6.45, 7) is 7.52. The first-order valence-corrected chi connectivity index (χ1v) is 11.1. The van der Waals surface area contributed by atoms with Crippen LogP contribution >= 0.6 is 11.6 Å². The number of aryl methyl sites for hydroxylation is 4. The van der Waals surface area contributed by atoms with E-state index < -0.39 is 17.8 Å². The molecule has 7 heteroatoms. The van der Waals surface area contributed by atoms with E-state index in [1.165, 1.54) is 0 Å². The Kier molecular flexibility index (Phi) is 6.26. The predicted octanol–water partition coefficient (Wildman–Crippen LogP) is 5.58. The molecule has 1 aliphatic heterocycles. The third-order valence-electron chi connectivity index (χ3n) is 5.61. The van der Waals surface area contributed by atoms with Gasteiger partial charge in [0.1, 0.15) is 16.5 Å². The highest BCUT2D eigenvalue weighted by atomic mass is 35.5. The summed E-state index contributed by atoms with van der Waals surface area (Å²) in [5.41, 5.74) is 4.86. The number of amides is 2. The van der Waals surface area contributed by atoms with Crippen LogP contribution in [0.3, 0.4) is 0 Å². The van der Waals surface area contributed by atoms with Crippen LogP contribution in [-0.4, -0.2) is 17.8 Å². The summed E-state index contributed by atoms with van der Waals surface area (Å²) < 4.78 is 5.57. The number of anilines is 2. The zero-order chi connectivity index (χ0) is 24.6. The zero-order valence-corrected chi connectivity index (χ0v) is 20.0. The molecule has 34 heavy (non-hydrogen) atoms. The van der Waals surface area contributed by atoms with Crippen molar-refractivity contribution in [3.8, 4) is 5.75 Å². The number of ether oxygens (including phenoxy) is 1. The average molecular weight is 475 g/mol. The number of carbonyl (C=O) groups excluding carboxylic acids is 3. The van der Waals surface area contributed by atoms with E-state index in [9.17, 15) is 14.4 Å². The molecule has 0 fully saturated rings. The SMILES string of the molecule is Cc1ccc(N2C(=O)C(Cl)=C(Nc3ccc(C(=O)Oc4c(C)cccc4C)cc3)C2=O)c(C)c1. The first-order chi connectivity index (χ1) is 16.2. The quantitative estimate of drug-likeness (QED) is 0.297. The van der Waals surface area contributed by atoms with Crippen LogP contribution < -0.4 is 15.0 Å². The van der Waals surface area contributed by atoms with Gasteiger partial charge in [-0.2, -0.15) is 0 Å². The van der Waals surface area contributed by atoms with E-state index in [1.54, 1.807) is 30.3 Å². The lowest BCUT2D eigenvalue weighted by atomic mass is 10.1. The van der Waals surface area contributed by atoms with Gasteiger partial charge in [0.15, 0.2) is 0 Å². The third kappa shape index (κ3) is 4.32. The van der Waals surface area contributed by atoms with Crippen molar-refractivity contribution in [1.29, 1.82) is 0 Å². The lowest BCUT2D eigenvalue weighted by molar-refractivity contribution is -0.120. The van der Waals surface area contributed by atoms with E-state index in [0.717, 1.165) is 27.2 Å². The van der Waals surface area contributed by atoms with Gasteiger partial charge in [0.25, 0.3) is 11.8 Å². The molecule has 0 radical (unpaired) electrons. The van der Waals surface area contributed by atoms with Crippen LogP contribution in [0.2, 0.25) is 0 Å². The smallest absolute Gasteiger partial charge is 0.343 e. The van der Waals surface area contributed by atoms with Gasteiger partial charge in [-0.25, -0.2) is 9.69 Å². The highest BCUT2D eigenvalue weighted by Crippen LogP contribution is 2.32. The molecule has 172 valence electrons. The normalized spacial score (nSPS) is 13.5. The standard InChI is InChI=1S/C27H23ClN2O4/c1-15-8-13-21(18(4)14-15)30-25(31)22(28)23(26(30)32)29-20-11-9-19(10-12-20)27(33)34-24-16(2)6-5-7-17(24)3/h5-14,29H,1-4H3. The molecule has 0 unspecified atom stereocenters. The number of rotatable bonds is 5. The minimum absolute atomic E-state index is 0.0162. The molecule has 1 heterocycles. The number of esters is 1. The van der Waals surface area contributed by atoms with Crippen LogP contribution in [0, 0.1) is 27.7 Å². The largest absolute Gasteiger partial charge is 0.422 e. The minimum atomic E-state index is -0.588. The van der Waals surface area contributed by atoms with Crippen LogP contribution in [0.15, 0.2) is 71.4 Å². The number of nitrogens with zero attached hydrogens (tertiary/aromatic N) is 1. The Morgan fingerprint density at radius 1 is 0.853 bits per heavy atom. The van der Waals surface area contributed by atoms with Crippen molar-refractivity contribution in [2.24, 2.45) is 0 Å². The van der Waals surface area contributed by atoms with Crippen molar-refractivity contribution >= 4 is 40.8 Å². The first-order valence-electron chi connectivity index (χ1n) is 10.7. The summed E-state index contributed by atoms with van der Waals surface area (Å²) in [6, 6.07) is 17.5. The Hall–Kier alpha value is -3.90. The van der Waals surface area contributed by atoms with Crippen molar-refractivity contribution in [2.45, 2.75) is 27.7 Å². The van der Waals surface area contributed by atoms with Gasteiger partial charge < -0.3 is 10.1 Å². The van der Waals surface area contributed by atoms with Crippen LogP contribution in [0.25, 0.3) is 0 Å². The van der Waals surface area contributed by atoms with E-state index in [0.29, 0.717) is 22.7 Å². The number of benzene rings is 3. The number of hydrogen-bond acceptors (Lipinski definition) is 5. The first kappa shape index (κ1) is 23.3. The summed E-state index contributed by atoms with van der Waals surface area (Å²) in [6.07, 6.45) is 0. The summed E-state index contributed by atoms with van der Waals surface area (Å²) in [5, 5.41) is 2.73. The second kappa shape index (κ2) is 9.15. The number of halogens is 1. The fourth-order valence-electron chi connectivity index (χ4n) is 3.83. The van der Waals surface area contributed by atoms with Gasteiger partial charge in [0.2, 0.25) is 0 Å². The van der Waals surface area contributed by atoms with Crippen molar-refractivity contribution in [1.82, 2.24) is 0 Å². The third-order valence-corrected chi connectivity index (χ3v) is 5.96. The maximum absolute atomic E-state index is 13.0. The summed E-state index contributed by atoms with van der Waals surface area (Å²) >= 11 is 6.23. The van der Waals surface area contributed by atoms with Gasteiger partial charge in [-0.1, -0.05) is 47.5 Å². The van der Waals surface area contributed by atoms with Crippen molar-refractivity contribution in [3.63, 3.8) is 0 Å². The molecular formula is C27H23ClN2O4. The molecule has 1 aliphatic rings. The Morgan fingerprint density at radius 2 is 1.50 bits per heavy atom. The lowest BCUT2D eigenvalue weighted by Crippen LogP contribution is -2.32. The highest BCUT2D eigenvalue weighted by Gasteiger charge is 2.39. The molecule has 1 N–H and O–H groups in total. The summed E-state index contributed by atoms with van der Waals surface area (Å²) in [4.78, 5) is 39.4. The number of imide groups is 1. The van der Waals surface area contributed by atoms with Gasteiger partial charge in [-0.05, 0) is 74.7 Å². The number of carbonyl (C=O) groups is 3. The molecule has 0 aliphatic carbocycles. The van der Waals surface area contributed by atoms with E-state index in [-0.39, 0.29) is 10.7 Å². The molecule has 0 atom stereocenters. The molecule has 3 aromatic rings. The maximum atomic E-state index is 13.0. The monoisotopic (exact) mass is 474 g/mol. The van der Waals surface area contributed by atoms with Crippen molar-refractivity contribution in [2.75, 3.05) is 10.2 Å². The fraction of sp³-hybridized carbons (Fsp3) is 0.148. The Bertz CT molecular complexity index is 1340. The zero-order valence-electron chi connectivity index (χ0n) is 19.2. The second-order valence-corrected chi connectivity index (χ2v) is 8.62. The highest BCUT2D eigenvalue weighted by molar-refractivity contribution is 6.53. The van der Waals surface area contributed by atoms with Gasteiger partial charge in [0.05, 0.1) is 11.3 Å². The molecule has 0 saturated carbocycles. The summed E-state index contributed by atoms with van der Waals surface area (Å²) in [7, 11) is 0. The lowest BCUT2D eigenvalue weighted by Gasteiger charge is -2.18. The van der Waals surface area contributed by atoms with Crippen LogP contribution in [0.4, 0.5) is 11.4 Å². The molecular weight excluding hydrogens is 452 g/mol. The van der Waals surface area contributed by atoms with Gasteiger partial charge in [0, 0.05) is 5.69 Å². The van der Waals surface area contributed by atoms with Crippen LogP contribution in [0.1, 0.15) is 32.6 Å². The van der Waals surface area contributed by atoms with E-state index in [4.69, 9.17) is 16.3 Å². The topological polar surface area (TPSA) is 75.7 Å². The molecule has 0 bridgehead atoms. The average Bonchev–Trinajstić information content (AvgIpc) is 3.00. The number of para-hydroxylation sites is 1. The van der Waals surface area contributed by atoms with Gasteiger partial charge in [-0.3, -0.25) is 9.59 Å². The predicted molar refractivity (Wildman–Crippen MR) is 132 cm³/mol. The molecule has 2 amide bonds. The molecule has 0 spiro atoms. The van der Waals surface area contributed by atoms with Gasteiger partial charge in [-0.15, -0.1) is 0 Å². The summed E-state index contributed by atoms with van der Waals surface area (Å²) in [5.74, 6) is -1.09. The Morgan fingerprint density at radius 3 is 2.12 bits per heavy atom. The second-order valence-electron chi connectivity index (χ2n) is 8.24. The van der Waals surface area contributed by atoms with Crippen LogP contribution in [-0.2, 0) is 9.59 Å². The molecule has 3 aromatic carbocycles. The van der Waals surface area contributed by atoms with Gasteiger partial charge >= 0.3 is 5.97 Å².